The maximum absolute atomic E-state index is 12.2. The lowest BCUT2D eigenvalue weighted by atomic mass is 9.93. The van der Waals surface area contributed by atoms with E-state index in [1.807, 2.05) is 0 Å². The van der Waals surface area contributed by atoms with Crippen molar-refractivity contribution in [1.82, 2.24) is 0 Å². The fourth-order valence-corrected chi connectivity index (χ4v) is 1.67. The topological polar surface area (TPSA) is 26.3 Å². The number of ether oxygens (including phenoxy) is 1. The maximum Gasteiger partial charge on any atom is 0.239 e. The van der Waals surface area contributed by atoms with E-state index in [9.17, 15) is 13.6 Å². The van der Waals surface area contributed by atoms with Gasteiger partial charge in [0.25, 0.3) is 0 Å². The van der Waals surface area contributed by atoms with Gasteiger partial charge in [0.2, 0.25) is 6.43 Å². The van der Waals surface area contributed by atoms with Gasteiger partial charge in [-0.2, -0.15) is 0 Å². The van der Waals surface area contributed by atoms with Crippen LogP contribution in [0.1, 0.15) is 16.8 Å². The second-order valence-electron chi connectivity index (χ2n) is 3.50. The van der Waals surface area contributed by atoms with Gasteiger partial charge in [0.05, 0.1) is 18.1 Å². The van der Waals surface area contributed by atoms with Crippen molar-refractivity contribution in [1.29, 1.82) is 0 Å². The number of hydrogen-bond donors (Lipinski definition) is 0. The maximum atomic E-state index is 12.2. The van der Waals surface area contributed by atoms with Gasteiger partial charge in [0, 0.05) is 6.42 Å². The molecule has 0 spiro atoms. The van der Waals surface area contributed by atoms with Gasteiger partial charge in [-0.15, -0.1) is 0 Å². The standard InChI is InChI=1S/C11H10F2O2/c12-10(13)5-7-6-15-9-4-2-1-3-8(9)11(7)14/h1-4,7,10H,5-6H2. The number of ketones is 1. The first kappa shape index (κ1) is 10.1. The minimum absolute atomic E-state index is 0.0557. The van der Waals surface area contributed by atoms with E-state index in [4.69, 9.17) is 4.74 Å². The van der Waals surface area contributed by atoms with Crippen molar-refractivity contribution in [3.63, 3.8) is 0 Å². The van der Waals surface area contributed by atoms with E-state index >= 15 is 0 Å². The van der Waals surface area contributed by atoms with Crippen LogP contribution in [-0.4, -0.2) is 18.8 Å². The fraction of sp³-hybridized carbons (Fsp3) is 0.364. The molecule has 1 heterocycles. The normalized spacial score (nSPS) is 19.9. The lowest BCUT2D eigenvalue weighted by molar-refractivity contribution is 0.0640. The molecular weight excluding hydrogens is 202 g/mol. The number of alkyl halides is 2. The molecule has 0 N–H and O–H groups in total. The van der Waals surface area contributed by atoms with Crippen molar-refractivity contribution in [2.75, 3.05) is 6.61 Å². The van der Waals surface area contributed by atoms with Crippen LogP contribution >= 0.6 is 0 Å². The number of fused-ring (bicyclic) bond motifs is 1. The summed E-state index contributed by atoms with van der Waals surface area (Å²) in [6.45, 7) is 0.0557. The molecule has 80 valence electrons. The molecule has 0 aliphatic carbocycles. The van der Waals surface area contributed by atoms with Crippen LogP contribution < -0.4 is 4.74 Å². The molecule has 1 aliphatic rings. The number of carbonyl (C=O) groups excluding carboxylic acids is 1. The Morgan fingerprint density at radius 2 is 2.13 bits per heavy atom. The molecule has 1 aromatic carbocycles. The zero-order chi connectivity index (χ0) is 10.8. The third-order valence-corrected chi connectivity index (χ3v) is 2.43. The Labute approximate surface area is 85.9 Å². The molecule has 0 aromatic heterocycles. The molecular formula is C11H10F2O2. The molecule has 1 aliphatic heterocycles. The summed E-state index contributed by atoms with van der Waals surface area (Å²) in [5, 5.41) is 0. The predicted octanol–water partition coefficient (Wildman–Crippen LogP) is 2.53. The first-order valence-corrected chi connectivity index (χ1v) is 4.72. The number of hydrogen-bond acceptors (Lipinski definition) is 2. The van der Waals surface area contributed by atoms with Gasteiger partial charge in [-0.1, -0.05) is 12.1 Å². The van der Waals surface area contributed by atoms with Crippen LogP contribution in [0.15, 0.2) is 24.3 Å². The van der Waals surface area contributed by atoms with Crippen LogP contribution in [0.3, 0.4) is 0 Å². The summed E-state index contributed by atoms with van der Waals surface area (Å²) in [6, 6.07) is 6.73. The highest BCUT2D eigenvalue weighted by molar-refractivity contribution is 6.01. The van der Waals surface area contributed by atoms with E-state index in [1.165, 1.54) is 0 Å². The van der Waals surface area contributed by atoms with E-state index in [0.29, 0.717) is 11.3 Å². The Morgan fingerprint density at radius 3 is 2.87 bits per heavy atom. The van der Waals surface area contributed by atoms with Crippen molar-refractivity contribution in [2.24, 2.45) is 5.92 Å². The quantitative estimate of drug-likeness (QED) is 0.753. The molecule has 4 heteroatoms. The summed E-state index contributed by atoms with van der Waals surface area (Å²) in [5.41, 5.74) is 0.411. The molecule has 1 atom stereocenters. The van der Waals surface area contributed by atoms with Crippen LogP contribution in [0.25, 0.3) is 0 Å². The lowest BCUT2D eigenvalue weighted by Gasteiger charge is -2.23. The zero-order valence-electron chi connectivity index (χ0n) is 7.95. The van der Waals surface area contributed by atoms with Crippen molar-refractivity contribution in [3.8, 4) is 5.75 Å². The molecule has 1 aromatic rings. The van der Waals surface area contributed by atoms with Crippen LogP contribution in [0, 0.1) is 5.92 Å². The summed E-state index contributed by atoms with van der Waals surface area (Å²) < 4.78 is 29.6. The van der Waals surface area contributed by atoms with Crippen molar-refractivity contribution in [2.45, 2.75) is 12.8 Å². The van der Waals surface area contributed by atoms with Crippen molar-refractivity contribution in [3.05, 3.63) is 29.8 Å². The van der Waals surface area contributed by atoms with Gasteiger partial charge in [-0.05, 0) is 12.1 Å². The van der Waals surface area contributed by atoms with Gasteiger partial charge >= 0.3 is 0 Å². The second kappa shape index (κ2) is 3.96. The van der Waals surface area contributed by atoms with Gasteiger partial charge < -0.3 is 4.74 Å². The smallest absolute Gasteiger partial charge is 0.239 e. The molecule has 0 saturated heterocycles. The first-order valence-electron chi connectivity index (χ1n) is 4.72. The molecule has 15 heavy (non-hydrogen) atoms. The van der Waals surface area contributed by atoms with Crippen LogP contribution in [0.4, 0.5) is 8.78 Å². The third kappa shape index (κ3) is 1.98. The molecule has 0 fully saturated rings. The number of rotatable bonds is 2. The third-order valence-electron chi connectivity index (χ3n) is 2.43. The number of para-hydroxylation sites is 1. The minimum atomic E-state index is -2.46. The van der Waals surface area contributed by atoms with Crippen LogP contribution in [0.2, 0.25) is 0 Å². The van der Waals surface area contributed by atoms with Crippen LogP contribution in [-0.2, 0) is 0 Å². The number of benzene rings is 1. The van der Waals surface area contributed by atoms with Gasteiger partial charge in [0.15, 0.2) is 5.78 Å². The first-order chi connectivity index (χ1) is 7.18. The summed E-state index contributed by atoms with van der Waals surface area (Å²) in [5.74, 6) is -0.454. The molecule has 2 rings (SSSR count). The molecule has 0 saturated carbocycles. The molecule has 0 radical (unpaired) electrons. The summed E-state index contributed by atoms with van der Waals surface area (Å²) in [7, 11) is 0. The Morgan fingerprint density at radius 1 is 1.40 bits per heavy atom. The Bertz CT molecular complexity index is 377. The average molecular weight is 212 g/mol. The predicted molar refractivity (Wildman–Crippen MR) is 50.4 cm³/mol. The minimum Gasteiger partial charge on any atom is -0.492 e. The highest BCUT2D eigenvalue weighted by Crippen LogP contribution is 2.29. The van der Waals surface area contributed by atoms with E-state index in [-0.39, 0.29) is 12.4 Å². The van der Waals surface area contributed by atoms with E-state index in [2.05, 4.69) is 0 Å². The second-order valence-corrected chi connectivity index (χ2v) is 3.50. The van der Waals surface area contributed by atoms with E-state index in [0.717, 1.165) is 0 Å². The van der Waals surface area contributed by atoms with Crippen LogP contribution in [0.5, 0.6) is 5.75 Å². The molecule has 0 bridgehead atoms. The molecule has 0 amide bonds. The van der Waals surface area contributed by atoms with Gasteiger partial charge in [-0.25, -0.2) is 8.78 Å². The molecule has 1 unspecified atom stereocenters. The van der Waals surface area contributed by atoms with Gasteiger partial charge in [-0.3, -0.25) is 4.79 Å². The SMILES string of the molecule is O=C1c2ccccc2OCC1CC(F)F. The monoisotopic (exact) mass is 212 g/mol. The van der Waals surface area contributed by atoms with Crippen molar-refractivity contribution < 1.29 is 18.3 Å². The Balaban J connectivity index is 2.22. The number of halogens is 2. The summed E-state index contributed by atoms with van der Waals surface area (Å²) >= 11 is 0. The van der Waals surface area contributed by atoms with E-state index in [1.54, 1.807) is 24.3 Å². The highest BCUT2D eigenvalue weighted by atomic mass is 19.3. The fourth-order valence-electron chi connectivity index (χ4n) is 1.67. The largest absolute Gasteiger partial charge is 0.492 e. The number of Topliss-reactive ketones (excluding diaryl/α,β-unsaturated/α-hetero) is 1. The number of carbonyl (C=O) groups is 1. The van der Waals surface area contributed by atoms with E-state index < -0.39 is 18.8 Å². The Kier molecular flexibility index (Phi) is 2.66. The zero-order valence-corrected chi connectivity index (χ0v) is 7.95. The lowest BCUT2D eigenvalue weighted by Crippen LogP contribution is -2.29. The summed E-state index contributed by atoms with van der Waals surface area (Å²) in [4.78, 5) is 11.7. The molecule has 2 nitrogen and oxygen atoms in total. The Hall–Kier alpha value is -1.45. The average Bonchev–Trinajstić information content (AvgIpc) is 2.22. The van der Waals surface area contributed by atoms with Crippen molar-refractivity contribution >= 4 is 5.78 Å². The highest BCUT2D eigenvalue weighted by Gasteiger charge is 2.30. The van der Waals surface area contributed by atoms with Gasteiger partial charge in [0.1, 0.15) is 5.75 Å². The summed E-state index contributed by atoms with van der Waals surface area (Å²) in [6.07, 6.45) is -2.89.